The third kappa shape index (κ3) is 9.04. The first kappa shape index (κ1) is 26.7. The molecule has 0 amide bonds. The number of aryl methyl sites for hydroxylation is 3. The molecular weight excluding hydrogens is 418 g/mol. The van der Waals surface area contributed by atoms with Crippen LogP contribution >= 0.6 is 0 Å². The zero-order valence-electron chi connectivity index (χ0n) is 20.6. The van der Waals surface area contributed by atoms with Gasteiger partial charge in [0.2, 0.25) is 0 Å². The molecule has 1 atom stereocenters. The zero-order chi connectivity index (χ0) is 24.1. The molecule has 2 aromatic rings. The van der Waals surface area contributed by atoms with Crippen molar-refractivity contribution in [3.05, 3.63) is 62.9 Å². The second kappa shape index (κ2) is 14.5. The number of carbonyl (C=O) groups is 1. The fourth-order valence-corrected chi connectivity index (χ4v) is 3.77. The molecule has 33 heavy (non-hydrogen) atoms. The summed E-state index contributed by atoms with van der Waals surface area (Å²) in [7, 11) is 0. The van der Waals surface area contributed by atoms with Crippen molar-refractivity contribution in [3.63, 3.8) is 0 Å². The Labute approximate surface area is 197 Å². The lowest BCUT2D eigenvalue weighted by molar-refractivity contribution is -0.143. The van der Waals surface area contributed by atoms with Gasteiger partial charge in [-0.15, -0.1) is 0 Å². The molecule has 0 fully saturated rings. The number of esters is 1. The summed E-state index contributed by atoms with van der Waals surface area (Å²) in [5, 5.41) is 0. The maximum Gasteiger partial charge on any atom is 0.306 e. The van der Waals surface area contributed by atoms with Gasteiger partial charge in [-0.05, 0) is 57.1 Å². The van der Waals surface area contributed by atoms with E-state index in [1.807, 2.05) is 13.8 Å². The molecule has 1 N–H and O–H groups in total. The van der Waals surface area contributed by atoms with Crippen LogP contribution in [0.25, 0.3) is 0 Å². The van der Waals surface area contributed by atoms with Gasteiger partial charge in [-0.3, -0.25) is 9.59 Å². The van der Waals surface area contributed by atoms with E-state index in [1.54, 1.807) is 6.92 Å². The number of ether oxygens (including phenoxy) is 3. The van der Waals surface area contributed by atoms with E-state index in [2.05, 4.69) is 36.2 Å². The Balaban J connectivity index is 2.19. The molecule has 1 aromatic heterocycles. The average molecular weight is 458 g/mol. The van der Waals surface area contributed by atoms with Gasteiger partial charge < -0.3 is 19.2 Å². The normalized spacial score (nSPS) is 11.9. The number of aromatic amines is 1. The largest absolute Gasteiger partial charge is 0.476 e. The molecule has 6 heteroatoms. The van der Waals surface area contributed by atoms with Crippen LogP contribution in [-0.4, -0.2) is 36.9 Å². The van der Waals surface area contributed by atoms with E-state index in [0.29, 0.717) is 44.1 Å². The van der Waals surface area contributed by atoms with Crippen molar-refractivity contribution in [2.75, 3.05) is 19.8 Å². The van der Waals surface area contributed by atoms with Crippen molar-refractivity contribution in [1.29, 1.82) is 0 Å². The van der Waals surface area contributed by atoms with Gasteiger partial charge >= 0.3 is 5.97 Å². The van der Waals surface area contributed by atoms with Crippen molar-refractivity contribution in [3.8, 4) is 5.88 Å². The molecule has 1 unspecified atom stereocenters. The topological polar surface area (TPSA) is 77.6 Å². The SMILES string of the molecule is CCCc1ccc(CCc2[nH]c(OCC(CC)OCC)cc(=O)c2CCC(=O)OCC)cc1. The fraction of sp³-hybridized carbons (Fsp3) is 0.556. The number of H-pyrrole nitrogens is 1. The molecule has 2 rings (SSSR count). The lowest BCUT2D eigenvalue weighted by atomic mass is 10.00. The van der Waals surface area contributed by atoms with Crippen LogP contribution in [0.15, 0.2) is 35.1 Å². The Morgan fingerprint density at radius 1 is 0.939 bits per heavy atom. The number of rotatable bonds is 15. The van der Waals surface area contributed by atoms with Gasteiger partial charge in [0.05, 0.1) is 12.7 Å². The first-order valence-corrected chi connectivity index (χ1v) is 12.2. The van der Waals surface area contributed by atoms with Gasteiger partial charge in [-0.2, -0.15) is 0 Å². The summed E-state index contributed by atoms with van der Waals surface area (Å²) in [6, 6.07) is 10.1. The molecule has 1 heterocycles. The first-order valence-electron chi connectivity index (χ1n) is 12.2. The second-order valence-corrected chi connectivity index (χ2v) is 8.12. The molecule has 0 aliphatic heterocycles. The van der Waals surface area contributed by atoms with E-state index in [9.17, 15) is 9.59 Å². The van der Waals surface area contributed by atoms with E-state index in [-0.39, 0.29) is 23.9 Å². The summed E-state index contributed by atoms with van der Waals surface area (Å²) in [6.07, 6.45) is 4.97. The minimum Gasteiger partial charge on any atom is -0.476 e. The second-order valence-electron chi connectivity index (χ2n) is 8.12. The average Bonchev–Trinajstić information content (AvgIpc) is 2.81. The van der Waals surface area contributed by atoms with Crippen LogP contribution in [0.2, 0.25) is 0 Å². The number of hydrogen-bond acceptors (Lipinski definition) is 5. The molecule has 6 nitrogen and oxygen atoms in total. The molecule has 0 radical (unpaired) electrons. The minimum atomic E-state index is -0.294. The molecule has 0 saturated heterocycles. The summed E-state index contributed by atoms with van der Waals surface area (Å²) in [6.45, 7) is 9.28. The van der Waals surface area contributed by atoms with Crippen LogP contribution in [0.3, 0.4) is 0 Å². The highest BCUT2D eigenvalue weighted by molar-refractivity contribution is 5.69. The zero-order valence-corrected chi connectivity index (χ0v) is 20.6. The monoisotopic (exact) mass is 457 g/mol. The van der Waals surface area contributed by atoms with Crippen LogP contribution in [0, 0.1) is 0 Å². The van der Waals surface area contributed by atoms with Gasteiger partial charge in [0.25, 0.3) is 0 Å². The van der Waals surface area contributed by atoms with Crippen molar-refractivity contribution in [2.45, 2.75) is 78.7 Å². The standard InChI is InChI=1S/C27H39NO5/c1-5-9-20-10-12-21(13-11-20)14-16-24-23(15-17-27(30)32-8-4)25(29)18-26(28-24)33-19-22(6-2)31-7-3/h10-13,18,22H,5-9,14-17,19H2,1-4H3,(H,28,29). The smallest absolute Gasteiger partial charge is 0.306 e. The third-order valence-corrected chi connectivity index (χ3v) is 5.59. The highest BCUT2D eigenvalue weighted by Gasteiger charge is 2.15. The maximum absolute atomic E-state index is 12.9. The molecule has 182 valence electrons. The van der Waals surface area contributed by atoms with Crippen LogP contribution in [0.1, 0.15) is 69.3 Å². The predicted octanol–water partition coefficient (Wildman–Crippen LogP) is 4.80. The van der Waals surface area contributed by atoms with Crippen LogP contribution in [0.4, 0.5) is 0 Å². The van der Waals surface area contributed by atoms with E-state index in [0.717, 1.165) is 31.4 Å². The van der Waals surface area contributed by atoms with Gasteiger partial charge in [0.1, 0.15) is 6.61 Å². The van der Waals surface area contributed by atoms with Crippen molar-refractivity contribution < 1.29 is 19.0 Å². The van der Waals surface area contributed by atoms with E-state index < -0.39 is 0 Å². The summed E-state index contributed by atoms with van der Waals surface area (Å²) in [4.78, 5) is 28.1. The lowest BCUT2D eigenvalue weighted by Crippen LogP contribution is -2.23. The highest BCUT2D eigenvalue weighted by atomic mass is 16.5. The Morgan fingerprint density at radius 2 is 1.64 bits per heavy atom. The Bertz CT molecular complexity index is 904. The van der Waals surface area contributed by atoms with E-state index >= 15 is 0 Å². The molecule has 0 aliphatic rings. The quantitative estimate of drug-likeness (QED) is 0.389. The Hall–Kier alpha value is -2.60. The molecule has 1 aromatic carbocycles. The summed E-state index contributed by atoms with van der Waals surface area (Å²) in [5.41, 5.74) is 3.85. The summed E-state index contributed by atoms with van der Waals surface area (Å²) < 4.78 is 16.6. The lowest BCUT2D eigenvalue weighted by Gasteiger charge is -2.17. The third-order valence-electron chi connectivity index (χ3n) is 5.59. The molecule has 0 spiro atoms. The van der Waals surface area contributed by atoms with Gasteiger partial charge in [0.15, 0.2) is 11.3 Å². The van der Waals surface area contributed by atoms with Crippen molar-refractivity contribution in [2.24, 2.45) is 0 Å². The maximum atomic E-state index is 12.9. The first-order chi connectivity index (χ1) is 16.0. The number of benzene rings is 1. The predicted molar refractivity (Wildman–Crippen MR) is 131 cm³/mol. The minimum absolute atomic E-state index is 0.0212. The van der Waals surface area contributed by atoms with Crippen LogP contribution in [0.5, 0.6) is 5.88 Å². The number of aromatic nitrogens is 1. The van der Waals surface area contributed by atoms with E-state index in [1.165, 1.54) is 17.2 Å². The fourth-order valence-electron chi connectivity index (χ4n) is 3.77. The van der Waals surface area contributed by atoms with Crippen molar-refractivity contribution >= 4 is 5.97 Å². The van der Waals surface area contributed by atoms with E-state index in [4.69, 9.17) is 14.2 Å². The summed E-state index contributed by atoms with van der Waals surface area (Å²) >= 11 is 0. The summed E-state index contributed by atoms with van der Waals surface area (Å²) in [5.74, 6) is 0.142. The Morgan fingerprint density at radius 3 is 2.24 bits per heavy atom. The number of carbonyl (C=O) groups excluding carboxylic acids is 1. The van der Waals surface area contributed by atoms with Gasteiger partial charge in [-0.1, -0.05) is 44.5 Å². The molecule has 0 saturated carbocycles. The number of hydrogen-bond donors (Lipinski definition) is 1. The Kier molecular flexibility index (Phi) is 11.7. The number of pyridine rings is 1. The number of nitrogens with one attached hydrogen (secondary N) is 1. The van der Waals surface area contributed by atoms with Crippen LogP contribution < -0.4 is 10.2 Å². The van der Waals surface area contributed by atoms with Gasteiger partial charge in [-0.25, -0.2) is 0 Å². The molecule has 0 aliphatic carbocycles. The van der Waals surface area contributed by atoms with Crippen molar-refractivity contribution in [1.82, 2.24) is 4.98 Å². The van der Waals surface area contributed by atoms with Crippen LogP contribution in [-0.2, 0) is 40.0 Å². The highest BCUT2D eigenvalue weighted by Crippen LogP contribution is 2.16. The molecular formula is C27H39NO5. The molecule has 0 bridgehead atoms. The van der Waals surface area contributed by atoms with Gasteiger partial charge in [0, 0.05) is 30.4 Å².